The molecule has 3 rings (SSSR count). The van der Waals surface area contributed by atoms with Crippen LogP contribution in [0.25, 0.3) is 10.9 Å². The average molecular weight is 249 g/mol. The lowest BCUT2D eigenvalue weighted by Crippen LogP contribution is -2.32. The van der Waals surface area contributed by atoms with Gasteiger partial charge in [-0.15, -0.1) is 0 Å². The number of aromatic nitrogens is 1. The summed E-state index contributed by atoms with van der Waals surface area (Å²) in [5.74, 6) is 0. The molecule has 2 aromatic rings. The van der Waals surface area contributed by atoms with E-state index in [9.17, 15) is 0 Å². The first kappa shape index (κ1) is 11.1. The molecular weight excluding hydrogens is 232 g/mol. The van der Waals surface area contributed by atoms with Crippen LogP contribution >= 0.6 is 11.6 Å². The third kappa shape index (κ3) is 1.59. The van der Waals surface area contributed by atoms with E-state index in [0.29, 0.717) is 0 Å². The number of hydrogen-bond acceptors (Lipinski definition) is 1. The highest BCUT2D eigenvalue weighted by Crippen LogP contribution is 2.43. The zero-order valence-corrected chi connectivity index (χ0v) is 10.6. The van der Waals surface area contributed by atoms with Crippen molar-refractivity contribution in [2.75, 3.05) is 6.54 Å². The van der Waals surface area contributed by atoms with Crippen molar-refractivity contribution in [2.24, 2.45) is 5.73 Å². The Balaban J connectivity index is 2.22. The van der Waals surface area contributed by atoms with E-state index in [-0.39, 0.29) is 5.41 Å². The predicted molar refractivity (Wildman–Crippen MR) is 72.5 cm³/mol. The van der Waals surface area contributed by atoms with Crippen molar-refractivity contribution in [1.29, 1.82) is 0 Å². The number of nitrogens with one attached hydrogen (secondary N) is 1. The Morgan fingerprint density at radius 3 is 2.76 bits per heavy atom. The van der Waals surface area contributed by atoms with Gasteiger partial charge < -0.3 is 10.7 Å². The first-order valence-electron chi connectivity index (χ1n) is 6.23. The Bertz CT molecular complexity index is 538. The molecule has 90 valence electrons. The van der Waals surface area contributed by atoms with Crippen LogP contribution in [0, 0.1) is 0 Å². The summed E-state index contributed by atoms with van der Waals surface area (Å²) in [6, 6.07) is 6.36. The summed E-state index contributed by atoms with van der Waals surface area (Å²) in [5, 5.41) is 1.91. The fourth-order valence-corrected chi connectivity index (χ4v) is 3.41. The van der Waals surface area contributed by atoms with Crippen LogP contribution < -0.4 is 5.73 Å². The number of H-pyrrole nitrogens is 1. The Kier molecular flexibility index (Phi) is 2.64. The van der Waals surface area contributed by atoms with Gasteiger partial charge in [-0.05, 0) is 18.4 Å². The molecule has 0 saturated heterocycles. The second kappa shape index (κ2) is 4.04. The van der Waals surface area contributed by atoms with Crippen molar-refractivity contribution < 1.29 is 0 Å². The van der Waals surface area contributed by atoms with E-state index in [1.807, 2.05) is 6.20 Å². The normalized spacial score (nSPS) is 18.9. The van der Waals surface area contributed by atoms with E-state index in [2.05, 4.69) is 23.2 Å². The van der Waals surface area contributed by atoms with Gasteiger partial charge in [0.15, 0.2) is 0 Å². The third-order valence-corrected chi connectivity index (χ3v) is 4.50. The van der Waals surface area contributed by atoms with E-state index >= 15 is 0 Å². The Labute approximate surface area is 106 Å². The summed E-state index contributed by atoms with van der Waals surface area (Å²) in [6.45, 7) is 0.725. The van der Waals surface area contributed by atoms with Crippen LogP contribution in [0.15, 0.2) is 24.4 Å². The zero-order chi connectivity index (χ0) is 11.9. The lowest BCUT2D eigenvalue weighted by Gasteiger charge is -2.28. The van der Waals surface area contributed by atoms with Gasteiger partial charge in [0.25, 0.3) is 0 Å². The van der Waals surface area contributed by atoms with Gasteiger partial charge in [0.05, 0.1) is 10.5 Å². The van der Waals surface area contributed by atoms with Crippen LogP contribution in [-0.4, -0.2) is 11.5 Å². The molecule has 1 fully saturated rings. The van der Waals surface area contributed by atoms with Crippen LogP contribution in [0.3, 0.4) is 0 Å². The van der Waals surface area contributed by atoms with Gasteiger partial charge in [-0.3, -0.25) is 0 Å². The topological polar surface area (TPSA) is 41.8 Å². The van der Waals surface area contributed by atoms with Crippen molar-refractivity contribution in [3.8, 4) is 0 Å². The second-order valence-corrected chi connectivity index (χ2v) is 5.46. The molecule has 2 nitrogen and oxygen atoms in total. The first-order valence-corrected chi connectivity index (χ1v) is 6.61. The molecule has 1 aromatic heterocycles. The molecule has 1 saturated carbocycles. The minimum atomic E-state index is 0.160. The predicted octanol–water partition coefficient (Wildman–Crippen LogP) is 3.59. The van der Waals surface area contributed by atoms with Crippen LogP contribution in [-0.2, 0) is 5.41 Å². The summed E-state index contributed by atoms with van der Waals surface area (Å²) in [5.41, 5.74) is 8.73. The number of benzene rings is 1. The smallest absolute Gasteiger partial charge is 0.0659 e. The van der Waals surface area contributed by atoms with Gasteiger partial charge in [0.2, 0.25) is 0 Å². The zero-order valence-electron chi connectivity index (χ0n) is 9.80. The minimum Gasteiger partial charge on any atom is -0.359 e. The molecular formula is C14H17ClN2. The lowest BCUT2D eigenvalue weighted by molar-refractivity contribution is 0.456. The monoisotopic (exact) mass is 248 g/mol. The molecule has 1 aromatic carbocycles. The molecule has 0 bridgehead atoms. The van der Waals surface area contributed by atoms with E-state index in [0.717, 1.165) is 17.0 Å². The van der Waals surface area contributed by atoms with Crippen LogP contribution in [0.4, 0.5) is 0 Å². The largest absolute Gasteiger partial charge is 0.359 e. The summed E-state index contributed by atoms with van der Waals surface area (Å²) in [6.07, 6.45) is 6.82. The number of nitrogens with two attached hydrogens (primary N) is 1. The molecule has 0 atom stereocenters. The SMILES string of the molecule is NCC1(c2cccc3c(Cl)c[nH]c23)CCCC1. The molecule has 0 unspecified atom stereocenters. The van der Waals surface area contributed by atoms with E-state index in [1.54, 1.807) is 0 Å². The van der Waals surface area contributed by atoms with Crippen molar-refractivity contribution in [3.63, 3.8) is 0 Å². The number of rotatable bonds is 2. The molecule has 3 heteroatoms. The highest BCUT2D eigenvalue weighted by molar-refractivity contribution is 6.35. The fourth-order valence-electron chi connectivity index (χ4n) is 3.20. The Morgan fingerprint density at radius 1 is 1.29 bits per heavy atom. The molecule has 0 spiro atoms. The van der Waals surface area contributed by atoms with Gasteiger partial charge in [-0.1, -0.05) is 42.6 Å². The first-order chi connectivity index (χ1) is 8.27. The minimum absolute atomic E-state index is 0.160. The lowest BCUT2D eigenvalue weighted by atomic mass is 9.78. The van der Waals surface area contributed by atoms with Crippen molar-refractivity contribution in [2.45, 2.75) is 31.1 Å². The van der Waals surface area contributed by atoms with Gasteiger partial charge >= 0.3 is 0 Å². The molecule has 1 heterocycles. The van der Waals surface area contributed by atoms with Crippen molar-refractivity contribution >= 4 is 22.5 Å². The van der Waals surface area contributed by atoms with Gasteiger partial charge in [0, 0.05) is 23.5 Å². The molecule has 0 radical (unpaired) electrons. The van der Waals surface area contributed by atoms with Crippen LogP contribution in [0.5, 0.6) is 0 Å². The molecule has 0 aliphatic heterocycles. The fraction of sp³-hybridized carbons (Fsp3) is 0.429. The van der Waals surface area contributed by atoms with Crippen LogP contribution in [0.2, 0.25) is 5.02 Å². The number of hydrogen-bond donors (Lipinski definition) is 2. The summed E-state index contributed by atoms with van der Waals surface area (Å²) >= 11 is 6.18. The quantitative estimate of drug-likeness (QED) is 0.838. The highest BCUT2D eigenvalue weighted by atomic mass is 35.5. The van der Waals surface area contributed by atoms with Crippen LogP contribution in [0.1, 0.15) is 31.2 Å². The third-order valence-electron chi connectivity index (χ3n) is 4.19. The summed E-state index contributed by atoms with van der Waals surface area (Å²) < 4.78 is 0. The highest BCUT2D eigenvalue weighted by Gasteiger charge is 2.35. The maximum Gasteiger partial charge on any atom is 0.0659 e. The Morgan fingerprint density at radius 2 is 2.06 bits per heavy atom. The van der Waals surface area contributed by atoms with E-state index < -0.39 is 0 Å². The van der Waals surface area contributed by atoms with E-state index in [1.165, 1.54) is 36.8 Å². The standard InChI is InChI=1S/C14H17ClN2/c15-12-8-17-13-10(12)4-3-5-11(13)14(9-16)6-1-2-7-14/h3-5,8,17H,1-2,6-7,9,16H2. The summed E-state index contributed by atoms with van der Waals surface area (Å²) in [7, 11) is 0. The van der Waals surface area contributed by atoms with Crippen molar-refractivity contribution in [1.82, 2.24) is 4.98 Å². The molecule has 1 aliphatic carbocycles. The molecule has 1 aliphatic rings. The number of para-hydroxylation sites is 1. The Hall–Kier alpha value is -0.990. The second-order valence-electron chi connectivity index (χ2n) is 5.06. The maximum absolute atomic E-state index is 6.18. The van der Waals surface area contributed by atoms with Gasteiger partial charge in [0.1, 0.15) is 0 Å². The maximum atomic E-state index is 6.18. The molecule has 17 heavy (non-hydrogen) atoms. The van der Waals surface area contributed by atoms with E-state index in [4.69, 9.17) is 17.3 Å². The number of halogens is 1. The van der Waals surface area contributed by atoms with Crippen molar-refractivity contribution in [3.05, 3.63) is 35.0 Å². The van der Waals surface area contributed by atoms with Gasteiger partial charge in [-0.2, -0.15) is 0 Å². The number of aromatic amines is 1. The summed E-state index contributed by atoms with van der Waals surface area (Å²) in [4.78, 5) is 3.30. The number of fused-ring (bicyclic) bond motifs is 1. The van der Waals surface area contributed by atoms with Gasteiger partial charge in [-0.25, -0.2) is 0 Å². The molecule has 0 amide bonds. The molecule has 3 N–H and O–H groups in total. The average Bonchev–Trinajstić information content (AvgIpc) is 2.97.